The van der Waals surface area contributed by atoms with Crippen molar-refractivity contribution in [3.63, 3.8) is 0 Å². The maximum Gasteiger partial charge on any atom is 0.250 e. The van der Waals surface area contributed by atoms with Crippen LogP contribution in [0.15, 0.2) is 17.1 Å². The largest absolute Gasteiger partial charge is 0.330 e. The molecule has 2 atom stereocenters. The molecule has 0 radical (unpaired) electrons. The first-order valence-electron chi connectivity index (χ1n) is 6.71. The van der Waals surface area contributed by atoms with E-state index in [0.29, 0.717) is 12.2 Å². The standard InChI is InChI=1S/C14H21N3O2/c1-9-6-13(18)17(2)8-12(9)16-14(19)11-5-3-4-10(11)7-15/h6,8,10-11H,3-5,7,15H2,1-2H3,(H,16,19)/t10-,11-/m1/s1. The SMILES string of the molecule is Cc1cc(=O)n(C)cc1NC(=O)[C@@H]1CCC[C@@H]1CN. The Labute approximate surface area is 112 Å². The lowest BCUT2D eigenvalue weighted by Crippen LogP contribution is -2.30. The Kier molecular flexibility index (Phi) is 4.04. The van der Waals surface area contributed by atoms with Gasteiger partial charge in [0.05, 0.1) is 5.69 Å². The summed E-state index contributed by atoms with van der Waals surface area (Å²) in [5.74, 6) is 0.309. The molecule has 1 amide bonds. The van der Waals surface area contributed by atoms with Crippen LogP contribution in [0.3, 0.4) is 0 Å². The van der Waals surface area contributed by atoms with Crippen LogP contribution in [0, 0.1) is 18.8 Å². The molecule has 1 aliphatic rings. The zero-order valence-electron chi connectivity index (χ0n) is 11.5. The number of aromatic nitrogens is 1. The minimum Gasteiger partial charge on any atom is -0.330 e. The minimum atomic E-state index is -0.0730. The van der Waals surface area contributed by atoms with Crippen LogP contribution in [0.4, 0.5) is 5.69 Å². The normalized spacial score (nSPS) is 22.5. The van der Waals surface area contributed by atoms with Gasteiger partial charge in [0.2, 0.25) is 5.91 Å². The molecular weight excluding hydrogens is 242 g/mol. The number of amides is 1. The molecular formula is C14H21N3O2. The highest BCUT2D eigenvalue weighted by Crippen LogP contribution is 2.32. The highest BCUT2D eigenvalue weighted by Gasteiger charge is 2.32. The predicted molar refractivity (Wildman–Crippen MR) is 74.9 cm³/mol. The number of carbonyl (C=O) groups excluding carboxylic acids is 1. The number of hydrogen-bond donors (Lipinski definition) is 2. The van der Waals surface area contributed by atoms with Crippen LogP contribution in [0.5, 0.6) is 0 Å². The summed E-state index contributed by atoms with van der Waals surface area (Å²) in [5.41, 5.74) is 7.12. The third kappa shape index (κ3) is 2.87. The summed E-state index contributed by atoms with van der Waals surface area (Å²) in [6.45, 7) is 2.39. The van der Waals surface area contributed by atoms with Crippen molar-refractivity contribution in [1.82, 2.24) is 4.57 Å². The molecule has 1 aliphatic carbocycles. The lowest BCUT2D eigenvalue weighted by molar-refractivity contribution is -0.120. The van der Waals surface area contributed by atoms with E-state index >= 15 is 0 Å². The fourth-order valence-electron chi connectivity index (χ4n) is 2.74. The van der Waals surface area contributed by atoms with Crippen LogP contribution in [-0.4, -0.2) is 17.0 Å². The van der Waals surface area contributed by atoms with Gasteiger partial charge in [-0.1, -0.05) is 6.42 Å². The minimum absolute atomic E-state index is 0.00151. The summed E-state index contributed by atoms with van der Waals surface area (Å²) >= 11 is 0. The topological polar surface area (TPSA) is 77.1 Å². The van der Waals surface area contributed by atoms with Crippen LogP contribution < -0.4 is 16.6 Å². The summed E-state index contributed by atoms with van der Waals surface area (Å²) < 4.78 is 1.47. The van der Waals surface area contributed by atoms with E-state index in [1.165, 1.54) is 10.6 Å². The first-order chi connectivity index (χ1) is 9.02. The molecule has 0 aromatic carbocycles. The van der Waals surface area contributed by atoms with Crippen LogP contribution in [-0.2, 0) is 11.8 Å². The van der Waals surface area contributed by atoms with Gasteiger partial charge in [0, 0.05) is 25.2 Å². The fourth-order valence-corrected chi connectivity index (χ4v) is 2.74. The molecule has 0 saturated heterocycles. The second kappa shape index (κ2) is 5.57. The van der Waals surface area contributed by atoms with Crippen LogP contribution >= 0.6 is 0 Å². The second-order valence-corrected chi connectivity index (χ2v) is 5.34. The van der Waals surface area contributed by atoms with Gasteiger partial charge in [-0.3, -0.25) is 9.59 Å². The summed E-state index contributed by atoms with van der Waals surface area (Å²) in [5, 5.41) is 2.93. The van der Waals surface area contributed by atoms with E-state index < -0.39 is 0 Å². The van der Waals surface area contributed by atoms with Crippen molar-refractivity contribution < 1.29 is 4.79 Å². The Morgan fingerprint density at radius 2 is 2.26 bits per heavy atom. The van der Waals surface area contributed by atoms with E-state index in [2.05, 4.69) is 5.32 Å². The van der Waals surface area contributed by atoms with Crippen molar-refractivity contribution in [3.8, 4) is 0 Å². The third-order valence-electron chi connectivity index (χ3n) is 3.99. The summed E-state index contributed by atoms with van der Waals surface area (Å²) in [6.07, 6.45) is 4.66. The van der Waals surface area contributed by atoms with Crippen molar-refractivity contribution >= 4 is 11.6 Å². The second-order valence-electron chi connectivity index (χ2n) is 5.34. The van der Waals surface area contributed by atoms with Crippen molar-refractivity contribution in [2.75, 3.05) is 11.9 Å². The van der Waals surface area contributed by atoms with Gasteiger partial charge in [-0.25, -0.2) is 0 Å². The zero-order valence-corrected chi connectivity index (χ0v) is 11.5. The molecule has 1 saturated carbocycles. The van der Waals surface area contributed by atoms with Crippen molar-refractivity contribution in [2.24, 2.45) is 24.6 Å². The lowest BCUT2D eigenvalue weighted by Gasteiger charge is -2.18. The average molecular weight is 263 g/mol. The third-order valence-corrected chi connectivity index (χ3v) is 3.99. The Hall–Kier alpha value is -1.62. The van der Waals surface area contributed by atoms with Gasteiger partial charge in [0.25, 0.3) is 5.56 Å². The summed E-state index contributed by atoms with van der Waals surface area (Å²) in [4.78, 5) is 23.7. The molecule has 1 heterocycles. The highest BCUT2D eigenvalue weighted by molar-refractivity contribution is 5.93. The molecule has 1 aromatic heterocycles. The van der Waals surface area contributed by atoms with E-state index in [1.807, 2.05) is 6.92 Å². The van der Waals surface area contributed by atoms with Crippen molar-refractivity contribution in [3.05, 3.63) is 28.2 Å². The van der Waals surface area contributed by atoms with E-state index in [0.717, 1.165) is 24.8 Å². The molecule has 5 nitrogen and oxygen atoms in total. The molecule has 1 fully saturated rings. The van der Waals surface area contributed by atoms with Gasteiger partial charge >= 0.3 is 0 Å². The molecule has 5 heteroatoms. The van der Waals surface area contributed by atoms with Crippen molar-refractivity contribution in [2.45, 2.75) is 26.2 Å². The summed E-state index contributed by atoms with van der Waals surface area (Å²) in [6, 6.07) is 1.53. The quantitative estimate of drug-likeness (QED) is 0.854. The number of nitrogens with two attached hydrogens (primary N) is 1. The average Bonchev–Trinajstić information content (AvgIpc) is 2.84. The molecule has 0 unspecified atom stereocenters. The zero-order chi connectivity index (χ0) is 14.0. The predicted octanol–water partition coefficient (Wildman–Crippen LogP) is 1.01. The number of carbonyl (C=O) groups is 1. The van der Waals surface area contributed by atoms with E-state index in [4.69, 9.17) is 5.73 Å². The number of nitrogens with one attached hydrogen (secondary N) is 1. The first kappa shape index (κ1) is 13.8. The van der Waals surface area contributed by atoms with Gasteiger partial charge in [-0.05, 0) is 37.8 Å². The Balaban J connectivity index is 2.15. The molecule has 3 N–H and O–H groups in total. The molecule has 0 aliphatic heterocycles. The fraction of sp³-hybridized carbons (Fsp3) is 0.571. The lowest BCUT2D eigenvalue weighted by atomic mass is 9.95. The number of hydrogen-bond acceptors (Lipinski definition) is 3. The Morgan fingerprint density at radius 3 is 2.95 bits per heavy atom. The van der Waals surface area contributed by atoms with Crippen LogP contribution in [0.25, 0.3) is 0 Å². The molecule has 19 heavy (non-hydrogen) atoms. The van der Waals surface area contributed by atoms with E-state index in [1.54, 1.807) is 13.2 Å². The van der Waals surface area contributed by atoms with E-state index in [9.17, 15) is 9.59 Å². The maximum absolute atomic E-state index is 12.3. The molecule has 0 bridgehead atoms. The van der Waals surface area contributed by atoms with Crippen LogP contribution in [0.2, 0.25) is 0 Å². The molecule has 0 spiro atoms. The molecule has 2 rings (SSSR count). The smallest absolute Gasteiger partial charge is 0.250 e. The van der Waals surface area contributed by atoms with Crippen LogP contribution in [0.1, 0.15) is 24.8 Å². The number of aryl methyl sites for hydroxylation is 2. The van der Waals surface area contributed by atoms with Gasteiger partial charge in [-0.15, -0.1) is 0 Å². The van der Waals surface area contributed by atoms with Gasteiger partial charge < -0.3 is 15.6 Å². The Bertz CT molecular complexity index is 536. The highest BCUT2D eigenvalue weighted by atomic mass is 16.2. The van der Waals surface area contributed by atoms with Gasteiger partial charge in [-0.2, -0.15) is 0 Å². The first-order valence-corrected chi connectivity index (χ1v) is 6.71. The van der Waals surface area contributed by atoms with E-state index in [-0.39, 0.29) is 23.3 Å². The van der Waals surface area contributed by atoms with Gasteiger partial charge in [0.15, 0.2) is 0 Å². The molecule has 104 valence electrons. The number of rotatable bonds is 3. The number of pyridine rings is 1. The maximum atomic E-state index is 12.3. The molecule has 1 aromatic rings. The van der Waals surface area contributed by atoms with Gasteiger partial charge in [0.1, 0.15) is 0 Å². The Morgan fingerprint density at radius 1 is 1.53 bits per heavy atom. The van der Waals surface area contributed by atoms with Crippen molar-refractivity contribution in [1.29, 1.82) is 0 Å². The monoisotopic (exact) mass is 263 g/mol. The number of nitrogens with zero attached hydrogens (tertiary/aromatic N) is 1. The summed E-state index contributed by atoms with van der Waals surface area (Å²) in [7, 11) is 1.68. The number of anilines is 1.